The van der Waals surface area contributed by atoms with Gasteiger partial charge in [-0.1, -0.05) is 57.9 Å². The van der Waals surface area contributed by atoms with Gasteiger partial charge in [0.1, 0.15) is 6.04 Å². The number of nitrogens with one attached hydrogen (secondary N) is 1. The number of halogens is 1. The summed E-state index contributed by atoms with van der Waals surface area (Å²) in [7, 11) is 0. The molecule has 5 heteroatoms. The second kappa shape index (κ2) is 10.1. The van der Waals surface area contributed by atoms with Crippen LogP contribution in [0.4, 0.5) is 0 Å². The lowest BCUT2D eigenvalue weighted by Gasteiger charge is -2.31. The number of hydrogen-bond donors (Lipinski definition) is 1. The fourth-order valence-corrected chi connectivity index (χ4v) is 3.48. The minimum atomic E-state index is -0.557. The lowest BCUT2D eigenvalue weighted by molar-refractivity contribution is -0.141. The van der Waals surface area contributed by atoms with Gasteiger partial charge in [-0.15, -0.1) is 0 Å². The molecule has 0 saturated heterocycles. The van der Waals surface area contributed by atoms with Crippen molar-refractivity contribution in [1.29, 1.82) is 0 Å². The van der Waals surface area contributed by atoms with Crippen LogP contribution in [-0.2, 0) is 22.6 Å². The van der Waals surface area contributed by atoms with E-state index in [2.05, 4.69) is 45.5 Å². The van der Waals surface area contributed by atoms with E-state index < -0.39 is 6.04 Å². The fraction of sp³-hybridized carbons (Fsp3) is 0.417. The van der Waals surface area contributed by atoms with E-state index in [1.165, 1.54) is 5.56 Å². The molecule has 0 aromatic heterocycles. The Balaban J connectivity index is 2.16. The summed E-state index contributed by atoms with van der Waals surface area (Å²) < 4.78 is 0.953. The van der Waals surface area contributed by atoms with E-state index in [-0.39, 0.29) is 17.4 Å². The van der Waals surface area contributed by atoms with Gasteiger partial charge in [0, 0.05) is 23.0 Å². The van der Waals surface area contributed by atoms with Crippen molar-refractivity contribution in [2.75, 3.05) is 0 Å². The van der Waals surface area contributed by atoms with Crippen molar-refractivity contribution in [3.63, 3.8) is 0 Å². The van der Waals surface area contributed by atoms with Crippen molar-refractivity contribution < 1.29 is 9.59 Å². The van der Waals surface area contributed by atoms with Gasteiger partial charge in [-0.3, -0.25) is 9.59 Å². The summed E-state index contributed by atoms with van der Waals surface area (Å²) in [5.74, 6) is -0.168. The highest BCUT2D eigenvalue weighted by Crippen LogP contribution is 2.17. The second-order valence-corrected chi connectivity index (χ2v) is 9.47. The molecule has 0 aliphatic rings. The van der Waals surface area contributed by atoms with Crippen LogP contribution in [0.15, 0.2) is 53.0 Å². The van der Waals surface area contributed by atoms with Gasteiger partial charge < -0.3 is 10.2 Å². The molecule has 0 heterocycles. The van der Waals surface area contributed by atoms with Crippen LogP contribution in [-0.4, -0.2) is 28.3 Å². The number of carbonyl (C=O) groups is 2. The molecule has 4 nitrogen and oxygen atoms in total. The number of nitrogens with zero attached hydrogens (tertiary/aromatic N) is 1. The fourth-order valence-electron chi connectivity index (χ4n) is 3.04. The molecule has 156 valence electrons. The monoisotopic (exact) mass is 458 g/mol. The number of aryl methyl sites for hydroxylation is 2. The zero-order valence-corrected chi connectivity index (χ0v) is 19.5. The predicted octanol–water partition coefficient (Wildman–Crippen LogP) is 5.02. The Morgan fingerprint density at radius 1 is 1.07 bits per heavy atom. The topological polar surface area (TPSA) is 49.4 Å². The second-order valence-electron chi connectivity index (χ2n) is 8.55. The normalized spacial score (nSPS) is 12.3. The Bertz CT molecular complexity index is 841. The molecule has 0 spiro atoms. The van der Waals surface area contributed by atoms with Crippen molar-refractivity contribution >= 4 is 27.7 Å². The molecule has 1 N–H and O–H groups in total. The molecule has 0 radical (unpaired) electrons. The largest absolute Gasteiger partial charge is 0.350 e. The summed E-state index contributed by atoms with van der Waals surface area (Å²) in [5.41, 5.74) is 2.96. The van der Waals surface area contributed by atoms with E-state index >= 15 is 0 Å². The number of benzene rings is 2. The van der Waals surface area contributed by atoms with Gasteiger partial charge in [-0.2, -0.15) is 0 Å². The maximum Gasteiger partial charge on any atom is 0.242 e. The van der Waals surface area contributed by atoms with Gasteiger partial charge >= 0.3 is 0 Å². The van der Waals surface area contributed by atoms with Crippen LogP contribution in [0.2, 0.25) is 0 Å². The molecule has 0 bridgehead atoms. The van der Waals surface area contributed by atoms with Gasteiger partial charge in [0.25, 0.3) is 0 Å². The average Bonchev–Trinajstić information content (AvgIpc) is 2.63. The third kappa shape index (κ3) is 7.65. The van der Waals surface area contributed by atoms with Crippen LogP contribution in [0, 0.1) is 6.92 Å². The summed E-state index contributed by atoms with van der Waals surface area (Å²) in [6, 6.07) is 15.5. The summed E-state index contributed by atoms with van der Waals surface area (Å²) >= 11 is 3.48. The zero-order valence-electron chi connectivity index (χ0n) is 18.0. The van der Waals surface area contributed by atoms with Crippen molar-refractivity contribution in [2.24, 2.45) is 0 Å². The van der Waals surface area contributed by atoms with E-state index in [0.29, 0.717) is 19.4 Å². The summed E-state index contributed by atoms with van der Waals surface area (Å²) in [6.07, 6.45) is 1.02. The number of rotatable bonds is 7. The SMILES string of the molecule is Cc1ccc(CCC(=O)N(Cc2cccc(Br)c2)[C@@H](C)C(=O)NC(C)(C)C)cc1. The first-order chi connectivity index (χ1) is 13.5. The maximum absolute atomic E-state index is 13.1. The zero-order chi connectivity index (χ0) is 21.6. The molecule has 2 aromatic rings. The standard InChI is InChI=1S/C24H31BrN2O2/c1-17-9-11-19(12-10-17)13-14-22(28)27(16-20-7-6-8-21(25)15-20)18(2)23(29)26-24(3,4)5/h6-12,15,18H,13-14,16H2,1-5H3,(H,26,29)/t18-/m0/s1. The smallest absolute Gasteiger partial charge is 0.242 e. The third-order valence-electron chi connectivity index (χ3n) is 4.66. The predicted molar refractivity (Wildman–Crippen MR) is 122 cm³/mol. The lowest BCUT2D eigenvalue weighted by atomic mass is 10.1. The molecule has 2 rings (SSSR count). The summed E-state index contributed by atoms with van der Waals surface area (Å²) in [6.45, 7) is 10.1. The Kier molecular flexibility index (Phi) is 8.03. The van der Waals surface area contributed by atoms with Crippen molar-refractivity contribution in [3.8, 4) is 0 Å². The van der Waals surface area contributed by atoms with E-state index in [0.717, 1.165) is 15.6 Å². The molecule has 0 aliphatic carbocycles. The molecular weight excluding hydrogens is 428 g/mol. The van der Waals surface area contributed by atoms with Gasteiger partial charge in [0.15, 0.2) is 0 Å². The molecule has 2 aromatic carbocycles. The van der Waals surface area contributed by atoms with Gasteiger partial charge in [-0.05, 0) is 64.3 Å². The number of hydrogen-bond acceptors (Lipinski definition) is 2. The molecular formula is C24H31BrN2O2. The first-order valence-electron chi connectivity index (χ1n) is 9.96. The van der Waals surface area contributed by atoms with Crippen LogP contribution >= 0.6 is 15.9 Å². The summed E-state index contributed by atoms with van der Waals surface area (Å²) in [4.78, 5) is 27.6. The molecule has 29 heavy (non-hydrogen) atoms. The van der Waals surface area contributed by atoms with Crippen molar-refractivity contribution in [3.05, 3.63) is 69.7 Å². The van der Waals surface area contributed by atoms with E-state index in [4.69, 9.17) is 0 Å². The first kappa shape index (κ1) is 23.1. The Morgan fingerprint density at radius 3 is 2.31 bits per heavy atom. The van der Waals surface area contributed by atoms with Crippen LogP contribution in [0.1, 0.15) is 50.8 Å². The van der Waals surface area contributed by atoms with Crippen LogP contribution < -0.4 is 5.32 Å². The molecule has 1 atom stereocenters. The van der Waals surface area contributed by atoms with E-state index in [1.54, 1.807) is 11.8 Å². The van der Waals surface area contributed by atoms with Crippen molar-refractivity contribution in [2.45, 2.75) is 65.6 Å². The first-order valence-corrected chi connectivity index (χ1v) is 10.8. The Hall–Kier alpha value is -2.14. The molecule has 0 unspecified atom stereocenters. The Labute approximate surface area is 182 Å². The lowest BCUT2D eigenvalue weighted by Crippen LogP contribution is -2.52. The number of carbonyl (C=O) groups excluding carboxylic acids is 2. The minimum Gasteiger partial charge on any atom is -0.350 e. The highest BCUT2D eigenvalue weighted by molar-refractivity contribution is 9.10. The van der Waals surface area contributed by atoms with Gasteiger partial charge in [0.05, 0.1) is 0 Å². The average molecular weight is 459 g/mol. The van der Waals surface area contributed by atoms with E-state index in [1.807, 2.05) is 52.0 Å². The quantitative estimate of drug-likeness (QED) is 0.632. The molecule has 0 aliphatic heterocycles. The highest BCUT2D eigenvalue weighted by Gasteiger charge is 2.28. The summed E-state index contributed by atoms with van der Waals surface area (Å²) in [5, 5.41) is 2.99. The Morgan fingerprint density at radius 2 is 1.72 bits per heavy atom. The van der Waals surface area contributed by atoms with Crippen LogP contribution in [0.5, 0.6) is 0 Å². The maximum atomic E-state index is 13.1. The van der Waals surface area contributed by atoms with E-state index in [9.17, 15) is 9.59 Å². The van der Waals surface area contributed by atoms with Crippen molar-refractivity contribution in [1.82, 2.24) is 10.2 Å². The molecule has 0 saturated carbocycles. The van der Waals surface area contributed by atoms with Crippen LogP contribution in [0.3, 0.4) is 0 Å². The minimum absolute atomic E-state index is 0.0258. The molecule has 0 fully saturated rings. The third-order valence-corrected chi connectivity index (χ3v) is 5.15. The molecule has 2 amide bonds. The van der Waals surface area contributed by atoms with Gasteiger partial charge in [0.2, 0.25) is 11.8 Å². The van der Waals surface area contributed by atoms with Crippen LogP contribution in [0.25, 0.3) is 0 Å². The highest BCUT2D eigenvalue weighted by atomic mass is 79.9. The van der Waals surface area contributed by atoms with Gasteiger partial charge in [-0.25, -0.2) is 0 Å². The number of amides is 2.